The van der Waals surface area contributed by atoms with Crippen molar-refractivity contribution in [3.63, 3.8) is 0 Å². The number of H-pyrrole nitrogens is 1. The molecule has 3 aromatic heterocycles. The van der Waals surface area contributed by atoms with Crippen LogP contribution in [0.3, 0.4) is 0 Å². The van der Waals surface area contributed by atoms with Gasteiger partial charge in [-0.2, -0.15) is 0 Å². The quantitative estimate of drug-likeness (QED) is 0.770. The Morgan fingerprint density at radius 2 is 2.00 bits per heavy atom. The lowest BCUT2D eigenvalue weighted by molar-refractivity contribution is 0.0627. The molecule has 132 valence electrons. The van der Waals surface area contributed by atoms with Crippen molar-refractivity contribution in [3.05, 3.63) is 36.5 Å². The molecule has 1 amide bonds. The van der Waals surface area contributed by atoms with Crippen molar-refractivity contribution in [1.29, 1.82) is 0 Å². The number of carbonyl (C=O) groups excluding carboxylic acids is 1. The highest BCUT2D eigenvalue weighted by Crippen LogP contribution is 2.32. The summed E-state index contributed by atoms with van der Waals surface area (Å²) in [5.74, 6) is 0.966. The van der Waals surface area contributed by atoms with Crippen LogP contribution < -0.4 is 0 Å². The summed E-state index contributed by atoms with van der Waals surface area (Å²) in [6.45, 7) is 4.28. The molecule has 6 heteroatoms. The number of furan rings is 1. The van der Waals surface area contributed by atoms with E-state index >= 15 is 0 Å². The minimum atomic E-state index is -0.0122. The smallest absolute Gasteiger partial charge is 0.290 e. The van der Waals surface area contributed by atoms with Crippen LogP contribution in [-0.4, -0.2) is 37.8 Å². The van der Waals surface area contributed by atoms with Gasteiger partial charge in [-0.3, -0.25) is 4.79 Å². The molecule has 1 aliphatic heterocycles. The van der Waals surface area contributed by atoms with E-state index in [0.29, 0.717) is 29.3 Å². The van der Waals surface area contributed by atoms with E-state index in [9.17, 15) is 4.79 Å². The van der Waals surface area contributed by atoms with Gasteiger partial charge in [0.1, 0.15) is 17.7 Å². The number of likely N-dealkylation sites (tertiary alicyclic amines) is 1. The highest BCUT2D eigenvalue weighted by atomic mass is 16.4. The molecule has 4 heterocycles. The van der Waals surface area contributed by atoms with Gasteiger partial charge in [0.05, 0.1) is 0 Å². The monoisotopic (exact) mass is 340 g/mol. The van der Waals surface area contributed by atoms with Gasteiger partial charge in [-0.1, -0.05) is 13.8 Å². The Balaban J connectivity index is 0.00000196. The zero-order valence-electron chi connectivity index (χ0n) is 14.5. The largest absolute Gasteiger partial charge is 0.449 e. The fourth-order valence-electron chi connectivity index (χ4n) is 3.87. The Kier molecular flexibility index (Phi) is 4.03. The Morgan fingerprint density at radius 3 is 2.72 bits per heavy atom. The Hall–Kier alpha value is -2.63. The second-order valence-corrected chi connectivity index (χ2v) is 6.54. The molecule has 0 saturated carbocycles. The molecular formula is C19H24N4O2. The lowest BCUT2D eigenvalue weighted by Crippen LogP contribution is -2.40. The summed E-state index contributed by atoms with van der Waals surface area (Å²) in [4.78, 5) is 26.6. The van der Waals surface area contributed by atoms with Crippen molar-refractivity contribution in [2.24, 2.45) is 0 Å². The van der Waals surface area contributed by atoms with Crippen molar-refractivity contribution in [1.82, 2.24) is 19.9 Å². The van der Waals surface area contributed by atoms with Crippen LogP contribution in [0.5, 0.6) is 0 Å². The normalized spacial score (nSPS) is 20.5. The number of hydrogen-bond donors (Lipinski definition) is 1. The van der Waals surface area contributed by atoms with Gasteiger partial charge in [0, 0.05) is 25.1 Å². The Bertz CT molecular complexity index is 892. The number of rotatable bonds is 4. The molecule has 0 aliphatic carbocycles. The molecule has 1 fully saturated rings. The summed E-state index contributed by atoms with van der Waals surface area (Å²) in [5, 5.41) is 0.884. The Labute approximate surface area is 147 Å². The second kappa shape index (κ2) is 6.35. The molecule has 4 rings (SSSR count). The van der Waals surface area contributed by atoms with E-state index in [1.54, 1.807) is 6.07 Å². The number of amides is 1. The SMILES string of the molecule is CC[C@@H]1CC[C@@H](CC)N1C(=O)c1ccc(-c2ncnc3[nH]ccc23)o1.[HH]. The van der Waals surface area contributed by atoms with E-state index in [1.807, 2.05) is 23.2 Å². The summed E-state index contributed by atoms with van der Waals surface area (Å²) in [5.41, 5.74) is 1.46. The zero-order valence-corrected chi connectivity index (χ0v) is 14.5. The number of nitrogens with zero attached hydrogens (tertiary/aromatic N) is 3. The van der Waals surface area contributed by atoms with Crippen molar-refractivity contribution < 1.29 is 10.6 Å². The van der Waals surface area contributed by atoms with Crippen LogP contribution in [0.4, 0.5) is 0 Å². The molecule has 0 bridgehead atoms. The van der Waals surface area contributed by atoms with Crippen LogP contribution in [0.1, 0.15) is 51.5 Å². The van der Waals surface area contributed by atoms with Crippen LogP contribution in [0.15, 0.2) is 35.1 Å². The third-order valence-corrected chi connectivity index (χ3v) is 5.20. The molecule has 3 aromatic rings. The van der Waals surface area contributed by atoms with E-state index in [2.05, 4.69) is 28.8 Å². The summed E-state index contributed by atoms with van der Waals surface area (Å²) < 4.78 is 5.91. The molecular weight excluding hydrogens is 316 g/mol. The second-order valence-electron chi connectivity index (χ2n) is 6.54. The summed E-state index contributed by atoms with van der Waals surface area (Å²) in [6, 6.07) is 6.11. The van der Waals surface area contributed by atoms with E-state index in [-0.39, 0.29) is 7.33 Å². The van der Waals surface area contributed by atoms with Gasteiger partial charge in [0.2, 0.25) is 0 Å². The first-order valence-corrected chi connectivity index (χ1v) is 8.93. The van der Waals surface area contributed by atoms with Crippen LogP contribution in [0, 0.1) is 0 Å². The van der Waals surface area contributed by atoms with Gasteiger partial charge in [0.25, 0.3) is 5.91 Å². The first-order valence-electron chi connectivity index (χ1n) is 8.93. The average Bonchev–Trinajstić information content (AvgIpc) is 3.38. The summed E-state index contributed by atoms with van der Waals surface area (Å²) >= 11 is 0. The fraction of sp³-hybridized carbons (Fsp3) is 0.421. The van der Waals surface area contributed by atoms with Crippen molar-refractivity contribution in [3.8, 4) is 11.5 Å². The van der Waals surface area contributed by atoms with Crippen molar-refractivity contribution in [2.45, 2.75) is 51.6 Å². The lowest BCUT2D eigenvalue weighted by Gasteiger charge is -2.28. The number of carbonyl (C=O) groups is 1. The number of hydrogen-bond acceptors (Lipinski definition) is 4. The molecule has 1 N–H and O–H groups in total. The molecule has 0 radical (unpaired) electrons. The third kappa shape index (κ3) is 2.62. The van der Waals surface area contributed by atoms with E-state index in [1.165, 1.54) is 6.33 Å². The van der Waals surface area contributed by atoms with E-state index in [4.69, 9.17) is 4.42 Å². The average molecular weight is 340 g/mol. The van der Waals surface area contributed by atoms with Crippen LogP contribution in [0.2, 0.25) is 0 Å². The fourth-order valence-corrected chi connectivity index (χ4v) is 3.87. The van der Waals surface area contributed by atoms with E-state index in [0.717, 1.165) is 36.7 Å². The van der Waals surface area contributed by atoms with Crippen LogP contribution in [0.25, 0.3) is 22.5 Å². The predicted octanol–water partition coefficient (Wildman–Crippen LogP) is 4.26. The third-order valence-electron chi connectivity index (χ3n) is 5.20. The molecule has 25 heavy (non-hydrogen) atoms. The zero-order chi connectivity index (χ0) is 17.4. The number of nitrogens with one attached hydrogen (secondary N) is 1. The van der Waals surface area contributed by atoms with Crippen molar-refractivity contribution in [2.75, 3.05) is 0 Å². The van der Waals surface area contributed by atoms with Gasteiger partial charge in [-0.15, -0.1) is 0 Å². The van der Waals surface area contributed by atoms with E-state index < -0.39 is 0 Å². The van der Waals surface area contributed by atoms with Gasteiger partial charge < -0.3 is 14.3 Å². The molecule has 0 unspecified atom stereocenters. The molecule has 2 atom stereocenters. The number of aromatic nitrogens is 3. The molecule has 0 aromatic carbocycles. The highest BCUT2D eigenvalue weighted by molar-refractivity contribution is 5.94. The van der Waals surface area contributed by atoms with Crippen LogP contribution in [-0.2, 0) is 0 Å². The summed E-state index contributed by atoms with van der Waals surface area (Å²) in [7, 11) is 0. The maximum Gasteiger partial charge on any atom is 0.290 e. The maximum atomic E-state index is 13.0. The lowest BCUT2D eigenvalue weighted by atomic mass is 10.1. The van der Waals surface area contributed by atoms with Crippen LogP contribution >= 0.6 is 0 Å². The van der Waals surface area contributed by atoms with Gasteiger partial charge in [0.15, 0.2) is 11.5 Å². The topological polar surface area (TPSA) is 75.0 Å². The Morgan fingerprint density at radius 1 is 1.24 bits per heavy atom. The number of aromatic amines is 1. The number of fused-ring (bicyclic) bond motifs is 1. The molecule has 6 nitrogen and oxygen atoms in total. The molecule has 1 saturated heterocycles. The molecule has 1 aliphatic rings. The van der Waals surface area contributed by atoms with Crippen molar-refractivity contribution >= 4 is 16.9 Å². The maximum absolute atomic E-state index is 13.0. The minimum absolute atomic E-state index is 0. The first-order chi connectivity index (χ1) is 12.2. The minimum Gasteiger partial charge on any atom is -0.449 e. The standard InChI is InChI=1S/C19H22N4O2.H2/c1-3-12-5-6-13(4-2)23(12)19(24)16-8-7-15(25-16)17-14-9-10-20-18(14)22-11-21-17;/h7-13H,3-6H2,1-2H3,(H,20,21,22);1H/t12-,13-;/m1./s1. The summed E-state index contributed by atoms with van der Waals surface area (Å²) in [6.07, 6.45) is 7.42. The van der Waals surface area contributed by atoms with Gasteiger partial charge in [-0.05, 0) is 43.9 Å². The first kappa shape index (κ1) is 15.9. The predicted molar refractivity (Wildman–Crippen MR) is 97.3 cm³/mol. The van der Waals surface area contributed by atoms with Gasteiger partial charge >= 0.3 is 0 Å². The highest BCUT2D eigenvalue weighted by Gasteiger charge is 2.36. The molecule has 0 spiro atoms. The van der Waals surface area contributed by atoms with Gasteiger partial charge in [-0.25, -0.2) is 9.97 Å².